The van der Waals surface area contributed by atoms with Crippen LogP contribution in [-0.2, 0) is 29.3 Å². The SMILES string of the molecule is CCCCc1nc(N2CCN(S(=O)(=O)c3ccc(F)cc3)CC2)c2c3c(sc2n1)CCCC3. The number of sulfonamides is 1. The molecule has 0 amide bonds. The van der Waals surface area contributed by atoms with Crippen LogP contribution < -0.4 is 4.90 Å². The molecule has 0 saturated carbocycles. The highest BCUT2D eigenvalue weighted by molar-refractivity contribution is 7.89. The third kappa shape index (κ3) is 4.38. The van der Waals surface area contributed by atoms with E-state index < -0.39 is 15.8 Å². The van der Waals surface area contributed by atoms with Crippen molar-refractivity contribution in [2.75, 3.05) is 31.1 Å². The van der Waals surface area contributed by atoms with E-state index in [0.717, 1.165) is 48.6 Å². The lowest BCUT2D eigenvalue weighted by Gasteiger charge is -2.35. The molecule has 1 aliphatic carbocycles. The Morgan fingerprint density at radius 1 is 1.03 bits per heavy atom. The van der Waals surface area contributed by atoms with Crippen molar-refractivity contribution in [3.8, 4) is 0 Å². The van der Waals surface area contributed by atoms with Crippen molar-refractivity contribution in [3.05, 3.63) is 46.3 Å². The number of halogens is 1. The average Bonchev–Trinajstić information content (AvgIpc) is 3.21. The largest absolute Gasteiger partial charge is 0.353 e. The van der Waals surface area contributed by atoms with E-state index in [1.807, 2.05) is 11.3 Å². The first-order chi connectivity index (χ1) is 16.0. The number of aryl methyl sites for hydroxylation is 3. The van der Waals surface area contributed by atoms with Crippen LogP contribution in [-0.4, -0.2) is 48.9 Å². The van der Waals surface area contributed by atoms with Gasteiger partial charge in [0.1, 0.15) is 22.3 Å². The quantitative estimate of drug-likeness (QED) is 0.509. The summed E-state index contributed by atoms with van der Waals surface area (Å²) in [5.74, 6) is 1.42. The van der Waals surface area contributed by atoms with Crippen molar-refractivity contribution in [2.45, 2.75) is 56.8 Å². The minimum absolute atomic E-state index is 0.135. The number of rotatable bonds is 6. The van der Waals surface area contributed by atoms with Crippen LogP contribution in [0.4, 0.5) is 10.2 Å². The van der Waals surface area contributed by atoms with Gasteiger partial charge in [0, 0.05) is 37.5 Å². The maximum absolute atomic E-state index is 13.3. The topological polar surface area (TPSA) is 66.4 Å². The van der Waals surface area contributed by atoms with E-state index in [4.69, 9.17) is 9.97 Å². The highest BCUT2D eigenvalue weighted by Gasteiger charge is 2.31. The molecule has 0 N–H and O–H groups in total. The summed E-state index contributed by atoms with van der Waals surface area (Å²) < 4.78 is 40.8. The molecule has 3 heterocycles. The molecule has 0 radical (unpaired) electrons. The Balaban J connectivity index is 1.44. The van der Waals surface area contributed by atoms with E-state index in [0.29, 0.717) is 26.2 Å². The number of aromatic nitrogens is 2. The van der Waals surface area contributed by atoms with Crippen molar-refractivity contribution < 1.29 is 12.8 Å². The van der Waals surface area contributed by atoms with Gasteiger partial charge in [0.2, 0.25) is 10.0 Å². The number of hydrogen-bond acceptors (Lipinski definition) is 6. The molecule has 2 aliphatic rings. The average molecular weight is 489 g/mol. The van der Waals surface area contributed by atoms with Crippen LogP contribution in [0.2, 0.25) is 0 Å². The van der Waals surface area contributed by atoms with Gasteiger partial charge >= 0.3 is 0 Å². The fourth-order valence-corrected chi connectivity index (χ4v) is 7.45. The summed E-state index contributed by atoms with van der Waals surface area (Å²) in [5, 5.41) is 1.18. The van der Waals surface area contributed by atoms with Gasteiger partial charge in [-0.15, -0.1) is 11.3 Å². The first-order valence-electron chi connectivity index (χ1n) is 11.8. The predicted molar refractivity (Wildman–Crippen MR) is 130 cm³/mol. The summed E-state index contributed by atoms with van der Waals surface area (Å²) in [6.07, 6.45) is 7.62. The zero-order valence-corrected chi connectivity index (χ0v) is 20.5. The Bertz CT molecular complexity index is 1250. The summed E-state index contributed by atoms with van der Waals surface area (Å²) in [6, 6.07) is 5.06. The van der Waals surface area contributed by atoms with Gasteiger partial charge in [0.05, 0.1) is 10.3 Å². The van der Waals surface area contributed by atoms with Gasteiger partial charge in [-0.1, -0.05) is 13.3 Å². The fraction of sp³-hybridized carbons (Fsp3) is 0.500. The highest BCUT2D eigenvalue weighted by atomic mass is 32.2. The third-order valence-electron chi connectivity index (χ3n) is 6.59. The van der Waals surface area contributed by atoms with Gasteiger partial charge < -0.3 is 4.90 Å². The molecule has 0 spiro atoms. The first kappa shape index (κ1) is 22.7. The molecule has 1 aliphatic heterocycles. The molecule has 3 aromatic rings. The lowest BCUT2D eigenvalue weighted by atomic mass is 9.97. The number of thiophene rings is 1. The molecule has 0 atom stereocenters. The second kappa shape index (κ2) is 9.27. The summed E-state index contributed by atoms with van der Waals surface area (Å²) in [5.41, 5.74) is 1.40. The van der Waals surface area contributed by atoms with Crippen molar-refractivity contribution in [3.63, 3.8) is 0 Å². The van der Waals surface area contributed by atoms with Crippen LogP contribution in [0.3, 0.4) is 0 Å². The summed E-state index contributed by atoms with van der Waals surface area (Å²) >= 11 is 1.81. The number of piperazine rings is 1. The standard InChI is InChI=1S/C24H29FN4O2S2/c1-2-3-8-21-26-23(22-19-6-4-5-7-20(19)32-24(22)27-21)28-13-15-29(16-14-28)33(30,31)18-11-9-17(25)10-12-18/h9-12H,2-8,13-16H2,1H3. The van der Waals surface area contributed by atoms with E-state index in [-0.39, 0.29) is 4.90 Å². The predicted octanol–water partition coefficient (Wildman–Crippen LogP) is 4.56. The lowest BCUT2D eigenvalue weighted by Crippen LogP contribution is -2.49. The normalized spacial score (nSPS) is 17.5. The zero-order chi connectivity index (χ0) is 23.0. The Kier molecular flexibility index (Phi) is 6.37. The minimum atomic E-state index is -3.64. The molecule has 6 nitrogen and oxygen atoms in total. The Hall–Kier alpha value is -2.10. The second-order valence-corrected chi connectivity index (χ2v) is 11.8. The van der Waals surface area contributed by atoms with Crippen LogP contribution in [0.25, 0.3) is 10.2 Å². The van der Waals surface area contributed by atoms with E-state index in [9.17, 15) is 12.8 Å². The molecular formula is C24H29FN4O2S2. The molecule has 176 valence electrons. The number of anilines is 1. The Morgan fingerprint density at radius 3 is 2.48 bits per heavy atom. The second-order valence-electron chi connectivity index (χ2n) is 8.80. The van der Waals surface area contributed by atoms with Gasteiger partial charge in [0.25, 0.3) is 0 Å². The molecule has 9 heteroatoms. The number of fused-ring (bicyclic) bond motifs is 3. The van der Waals surface area contributed by atoms with Crippen molar-refractivity contribution in [1.82, 2.24) is 14.3 Å². The van der Waals surface area contributed by atoms with E-state index in [1.165, 1.54) is 57.2 Å². The molecule has 0 unspecified atom stereocenters. The third-order valence-corrected chi connectivity index (χ3v) is 9.68. The minimum Gasteiger partial charge on any atom is -0.353 e. The zero-order valence-electron chi connectivity index (χ0n) is 18.9. The smallest absolute Gasteiger partial charge is 0.243 e. The Labute approximate surface area is 198 Å². The molecule has 1 saturated heterocycles. The molecule has 2 aromatic heterocycles. The van der Waals surface area contributed by atoms with Gasteiger partial charge in [0.15, 0.2) is 0 Å². The first-order valence-corrected chi connectivity index (χ1v) is 14.0. The molecular weight excluding hydrogens is 459 g/mol. The van der Waals surface area contributed by atoms with Crippen LogP contribution in [0, 0.1) is 5.82 Å². The van der Waals surface area contributed by atoms with Gasteiger partial charge in [-0.05, 0) is 61.9 Å². The number of hydrogen-bond donors (Lipinski definition) is 0. The molecule has 1 aromatic carbocycles. The molecule has 33 heavy (non-hydrogen) atoms. The monoisotopic (exact) mass is 488 g/mol. The van der Waals surface area contributed by atoms with E-state index in [1.54, 1.807) is 0 Å². The van der Waals surface area contributed by atoms with Crippen molar-refractivity contribution in [1.29, 1.82) is 0 Å². The maximum Gasteiger partial charge on any atom is 0.243 e. The number of unbranched alkanes of at least 4 members (excludes halogenated alkanes) is 1. The maximum atomic E-state index is 13.3. The van der Waals surface area contributed by atoms with Crippen LogP contribution in [0.5, 0.6) is 0 Å². The lowest BCUT2D eigenvalue weighted by molar-refractivity contribution is 0.384. The van der Waals surface area contributed by atoms with Crippen molar-refractivity contribution in [2.24, 2.45) is 0 Å². The van der Waals surface area contributed by atoms with Crippen molar-refractivity contribution >= 4 is 37.4 Å². The van der Waals surface area contributed by atoms with Gasteiger partial charge in [-0.3, -0.25) is 0 Å². The Morgan fingerprint density at radius 2 is 1.76 bits per heavy atom. The van der Waals surface area contributed by atoms with Crippen LogP contribution in [0.15, 0.2) is 29.2 Å². The van der Waals surface area contributed by atoms with Gasteiger partial charge in [-0.2, -0.15) is 4.31 Å². The van der Waals surface area contributed by atoms with Crippen LogP contribution in [0.1, 0.15) is 48.9 Å². The molecule has 5 rings (SSSR count). The van der Waals surface area contributed by atoms with Gasteiger partial charge in [-0.25, -0.2) is 22.8 Å². The fourth-order valence-electron chi connectivity index (χ4n) is 4.75. The van der Waals surface area contributed by atoms with Crippen LogP contribution >= 0.6 is 11.3 Å². The summed E-state index contributed by atoms with van der Waals surface area (Å²) in [7, 11) is -3.64. The summed E-state index contributed by atoms with van der Waals surface area (Å²) in [6.45, 7) is 4.07. The molecule has 0 bridgehead atoms. The van der Waals surface area contributed by atoms with E-state index >= 15 is 0 Å². The summed E-state index contributed by atoms with van der Waals surface area (Å²) in [4.78, 5) is 14.8. The van der Waals surface area contributed by atoms with E-state index in [2.05, 4.69) is 11.8 Å². The number of nitrogens with zero attached hydrogens (tertiary/aromatic N) is 4. The number of benzene rings is 1. The highest BCUT2D eigenvalue weighted by Crippen LogP contribution is 2.40. The molecule has 1 fully saturated rings.